The Balaban J connectivity index is 1.50. The first-order valence-corrected chi connectivity index (χ1v) is 8.86. The molecule has 112 valence electrons. The van der Waals surface area contributed by atoms with Crippen molar-refractivity contribution in [2.75, 3.05) is 0 Å². The molecule has 4 rings (SSSR count). The van der Waals surface area contributed by atoms with Gasteiger partial charge in [0.25, 0.3) is 5.91 Å². The summed E-state index contributed by atoms with van der Waals surface area (Å²) in [5, 5.41) is 6.30. The molecule has 0 fully saturated rings. The van der Waals surface area contributed by atoms with Crippen LogP contribution in [0.2, 0.25) is 5.15 Å². The number of halogens is 1. The summed E-state index contributed by atoms with van der Waals surface area (Å²) in [5.41, 5.74) is 4.52. The maximum Gasteiger partial charge on any atom is 0.281 e. The Bertz CT molecular complexity index is 871. The van der Waals surface area contributed by atoms with Crippen molar-refractivity contribution in [3.63, 3.8) is 0 Å². The Morgan fingerprint density at radius 1 is 1.50 bits per heavy atom. The van der Waals surface area contributed by atoms with Gasteiger partial charge in [0.15, 0.2) is 10.1 Å². The molecule has 1 N–H and O–H groups in total. The molecule has 1 aliphatic rings. The molecule has 3 aromatic heterocycles. The molecule has 0 radical (unpaired) electrons. The quantitative estimate of drug-likeness (QED) is 0.581. The van der Waals surface area contributed by atoms with E-state index in [4.69, 9.17) is 11.6 Å². The summed E-state index contributed by atoms with van der Waals surface area (Å²) in [5.74, 6) is -0.183. The van der Waals surface area contributed by atoms with Crippen molar-refractivity contribution >= 4 is 51.4 Å². The number of hydrogen-bond acceptors (Lipinski definition) is 5. The number of thiophene rings is 1. The van der Waals surface area contributed by atoms with Gasteiger partial charge in [-0.05, 0) is 30.9 Å². The van der Waals surface area contributed by atoms with Crippen LogP contribution < -0.4 is 5.43 Å². The average Bonchev–Trinajstić information content (AvgIpc) is 3.20. The van der Waals surface area contributed by atoms with E-state index in [0.717, 1.165) is 17.8 Å². The molecule has 0 spiro atoms. The van der Waals surface area contributed by atoms with Crippen molar-refractivity contribution in [2.45, 2.75) is 19.3 Å². The van der Waals surface area contributed by atoms with Crippen molar-refractivity contribution in [3.8, 4) is 0 Å². The fraction of sp³-hybridized carbons (Fsp3) is 0.214. The Morgan fingerprint density at radius 2 is 2.41 bits per heavy atom. The van der Waals surface area contributed by atoms with Crippen LogP contribution in [0.4, 0.5) is 0 Å². The number of aromatic nitrogens is 2. The molecule has 1 amide bonds. The minimum atomic E-state index is -0.183. The van der Waals surface area contributed by atoms with Crippen molar-refractivity contribution in [1.29, 1.82) is 0 Å². The fourth-order valence-corrected chi connectivity index (χ4v) is 4.67. The topological polar surface area (TPSA) is 58.8 Å². The first-order valence-electron chi connectivity index (χ1n) is 6.78. The zero-order valence-corrected chi connectivity index (χ0v) is 13.8. The highest BCUT2D eigenvalue weighted by molar-refractivity contribution is 7.15. The number of nitrogens with zero attached hydrogens (tertiary/aromatic N) is 3. The Kier molecular flexibility index (Phi) is 3.48. The first-order chi connectivity index (χ1) is 10.7. The first kappa shape index (κ1) is 13.9. The number of nitrogens with one attached hydrogen (secondary N) is 1. The molecule has 1 aliphatic carbocycles. The SMILES string of the molecule is O=C(N/N=C\c1c(Cl)nc2sccn12)c1cc2c(s1)CCC2. The number of aryl methyl sites for hydroxylation is 2. The van der Waals surface area contributed by atoms with Crippen molar-refractivity contribution in [1.82, 2.24) is 14.8 Å². The molecule has 8 heteroatoms. The highest BCUT2D eigenvalue weighted by atomic mass is 35.5. The van der Waals surface area contributed by atoms with Crippen LogP contribution in [0, 0.1) is 0 Å². The van der Waals surface area contributed by atoms with Crippen LogP contribution in [0.25, 0.3) is 4.96 Å². The third kappa shape index (κ3) is 2.35. The van der Waals surface area contributed by atoms with Crippen LogP contribution in [0.15, 0.2) is 22.7 Å². The third-order valence-electron chi connectivity index (χ3n) is 3.58. The van der Waals surface area contributed by atoms with Crippen LogP contribution in [-0.4, -0.2) is 21.5 Å². The summed E-state index contributed by atoms with van der Waals surface area (Å²) >= 11 is 9.11. The maximum atomic E-state index is 12.1. The second-order valence-electron chi connectivity index (χ2n) is 4.96. The third-order valence-corrected chi connectivity index (χ3v) is 5.85. The van der Waals surface area contributed by atoms with Crippen molar-refractivity contribution in [2.24, 2.45) is 5.10 Å². The number of imidazole rings is 1. The average molecular weight is 351 g/mol. The van der Waals surface area contributed by atoms with E-state index >= 15 is 0 Å². The highest BCUT2D eigenvalue weighted by Gasteiger charge is 2.18. The standard InChI is InChI=1S/C14H11ClN4OS2/c15-12-9(19-4-5-21-14(19)17-12)7-16-18-13(20)11-6-8-2-1-3-10(8)22-11/h4-7H,1-3H2,(H,18,20)/b16-7-. The van der Waals surface area contributed by atoms with E-state index in [9.17, 15) is 4.79 Å². The zero-order chi connectivity index (χ0) is 15.1. The van der Waals surface area contributed by atoms with Gasteiger partial charge in [-0.2, -0.15) is 5.10 Å². The summed E-state index contributed by atoms with van der Waals surface area (Å²) in [6.07, 6.45) is 6.74. The predicted octanol–water partition coefficient (Wildman–Crippen LogP) is 3.36. The van der Waals surface area contributed by atoms with Gasteiger partial charge in [0.05, 0.1) is 11.1 Å². The number of hydrazone groups is 1. The number of carbonyl (C=O) groups is 1. The van der Waals surface area contributed by atoms with Gasteiger partial charge in [-0.25, -0.2) is 10.4 Å². The molecule has 0 unspecified atom stereocenters. The molecule has 0 saturated carbocycles. The van der Waals surface area contributed by atoms with Gasteiger partial charge in [0, 0.05) is 16.5 Å². The monoisotopic (exact) mass is 350 g/mol. The number of carbonyl (C=O) groups excluding carboxylic acids is 1. The number of rotatable bonds is 3. The van der Waals surface area contributed by atoms with Gasteiger partial charge in [-0.1, -0.05) is 11.6 Å². The minimum Gasteiger partial charge on any atom is -0.288 e. The fourth-order valence-electron chi connectivity index (χ4n) is 2.54. The number of amides is 1. The van der Waals surface area contributed by atoms with E-state index in [0.29, 0.717) is 15.7 Å². The second-order valence-corrected chi connectivity index (χ2v) is 7.32. The minimum absolute atomic E-state index is 0.183. The van der Waals surface area contributed by atoms with Crippen molar-refractivity contribution < 1.29 is 4.79 Å². The predicted molar refractivity (Wildman–Crippen MR) is 89.5 cm³/mol. The molecule has 0 bridgehead atoms. The molecule has 0 atom stereocenters. The lowest BCUT2D eigenvalue weighted by Crippen LogP contribution is -2.16. The Hall–Kier alpha value is -1.70. The van der Waals surface area contributed by atoms with Gasteiger partial charge in [0.1, 0.15) is 5.69 Å². The number of hydrogen-bond donors (Lipinski definition) is 1. The maximum absolute atomic E-state index is 12.1. The van der Waals surface area contributed by atoms with Crippen molar-refractivity contribution in [3.05, 3.63) is 43.8 Å². The summed E-state index contributed by atoms with van der Waals surface area (Å²) in [7, 11) is 0. The molecule has 0 aromatic carbocycles. The van der Waals surface area contributed by atoms with Gasteiger partial charge in [-0.3, -0.25) is 9.20 Å². The summed E-state index contributed by atoms with van der Waals surface area (Å²) < 4.78 is 1.84. The normalized spacial score (nSPS) is 14.0. The lowest BCUT2D eigenvalue weighted by atomic mass is 10.2. The molecular weight excluding hydrogens is 340 g/mol. The largest absolute Gasteiger partial charge is 0.288 e. The van der Waals surface area contributed by atoms with Crippen LogP contribution in [0.1, 0.15) is 32.2 Å². The number of fused-ring (bicyclic) bond motifs is 2. The van der Waals surface area contributed by atoms with E-state index in [-0.39, 0.29) is 5.91 Å². The van der Waals surface area contributed by atoms with E-state index in [1.807, 2.05) is 22.0 Å². The van der Waals surface area contributed by atoms with Crippen LogP contribution in [0.5, 0.6) is 0 Å². The van der Waals surface area contributed by atoms with Gasteiger partial charge < -0.3 is 0 Å². The van der Waals surface area contributed by atoms with E-state index < -0.39 is 0 Å². The Morgan fingerprint density at radius 3 is 3.27 bits per heavy atom. The lowest BCUT2D eigenvalue weighted by Gasteiger charge is -1.96. The van der Waals surface area contributed by atoms with E-state index in [1.165, 1.54) is 34.4 Å². The van der Waals surface area contributed by atoms with E-state index in [1.54, 1.807) is 11.3 Å². The number of thiazole rings is 1. The molecule has 0 saturated heterocycles. The van der Waals surface area contributed by atoms with Gasteiger partial charge in [-0.15, -0.1) is 22.7 Å². The van der Waals surface area contributed by atoms with Gasteiger partial charge >= 0.3 is 0 Å². The molecular formula is C14H11ClN4OS2. The molecule has 0 aliphatic heterocycles. The Labute approximate surface area is 139 Å². The second kappa shape index (κ2) is 5.49. The summed E-state index contributed by atoms with van der Waals surface area (Å²) in [6, 6.07) is 1.97. The van der Waals surface area contributed by atoms with Gasteiger partial charge in [0.2, 0.25) is 0 Å². The van der Waals surface area contributed by atoms with Crippen LogP contribution in [-0.2, 0) is 12.8 Å². The molecule has 3 heterocycles. The highest BCUT2D eigenvalue weighted by Crippen LogP contribution is 2.30. The smallest absolute Gasteiger partial charge is 0.281 e. The van der Waals surface area contributed by atoms with Crippen LogP contribution >= 0.6 is 34.3 Å². The van der Waals surface area contributed by atoms with E-state index in [2.05, 4.69) is 15.5 Å². The summed E-state index contributed by atoms with van der Waals surface area (Å²) in [6.45, 7) is 0. The lowest BCUT2D eigenvalue weighted by molar-refractivity contribution is 0.0959. The van der Waals surface area contributed by atoms with Crippen LogP contribution in [0.3, 0.4) is 0 Å². The zero-order valence-electron chi connectivity index (χ0n) is 11.4. The molecule has 5 nitrogen and oxygen atoms in total. The molecule has 3 aromatic rings. The molecule has 22 heavy (non-hydrogen) atoms. The summed E-state index contributed by atoms with van der Waals surface area (Å²) in [4.78, 5) is 19.2.